The van der Waals surface area contributed by atoms with Crippen LogP contribution in [0.5, 0.6) is 11.5 Å². The van der Waals surface area contributed by atoms with Gasteiger partial charge in [0.1, 0.15) is 11.1 Å². The minimum Gasteiger partial charge on any atom is -0.454 e. The van der Waals surface area contributed by atoms with Gasteiger partial charge in [0, 0.05) is 43.0 Å². The molecule has 9 heteroatoms. The van der Waals surface area contributed by atoms with Gasteiger partial charge in [-0.3, -0.25) is 15.5 Å². The maximum atomic E-state index is 14.4. The van der Waals surface area contributed by atoms with E-state index in [0.29, 0.717) is 49.3 Å². The van der Waals surface area contributed by atoms with Crippen LogP contribution in [0.3, 0.4) is 0 Å². The van der Waals surface area contributed by atoms with Crippen LogP contribution in [0.2, 0.25) is 0 Å². The highest BCUT2D eigenvalue weighted by Gasteiger charge is 2.57. The smallest absolute Gasteiger partial charge is 0.317 e. The van der Waals surface area contributed by atoms with Gasteiger partial charge < -0.3 is 24.6 Å². The van der Waals surface area contributed by atoms with Gasteiger partial charge in [-0.2, -0.15) is 0 Å². The highest BCUT2D eigenvalue weighted by atomic mass is 16.7. The van der Waals surface area contributed by atoms with Crippen LogP contribution in [0.1, 0.15) is 44.2 Å². The number of rotatable bonds is 3. The molecule has 0 aliphatic carbocycles. The predicted molar refractivity (Wildman–Crippen MR) is 134 cm³/mol. The minimum absolute atomic E-state index is 0.0154. The molecule has 0 aromatic heterocycles. The molecular weight excluding hydrogens is 458 g/mol. The maximum absolute atomic E-state index is 14.4. The standard InChI is InChI=1S/C27H31N5O4/c1-16(2)29-26(34)31-9-7-17(8-10-31)14-32-21-6-4-3-5-18(21)27(25(32)33)13-24(28)30-20-12-23-22(11-19(20)27)35-15-36-23/h3-6,11-12,16-17H,7-10,13-15H2,1-2H3,(H2,28,30)(H,29,34)/p+1. The normalized spacial score (nSPS) is 22.9. The molecule has 0 saturated carbocycles. The van der Waals surface area contributed by atoms with Crippen molar-refractivity contribution < 1.29 is 24.4 Å². The van der Waals surface area contributed by atoms with E-state index < -0.39 is 5.41 Å². The Morgan fingerprint density at radius 1 is 1.17 bits per heavy atom. The van der Waals surface area contributed by atoms with Gasteiger partial charge >= 0.3 is 6.03 Å². The second kappa shape index (κ2) is 8.51. The first-order valence-electron chi connectivity index (χ1n) is 12.7. The summed E-state index contributed by atoms with van der Waals surface area (Å²) in [6, 6.07) is 11.9. The third-order valence-electron chi connectivity index (χ3n) is 7.81. The topological polar surface area (TPSA) is 112 Å². The quantitative estimate of drug-likeness (QED) is 0.574. The number of para-hydroxylation sites is 1. The van der Waals surface area contributed by atoms with Crippen molar-refractivity contribution in [1.29, 1.82) is 5.41 Å². The van der Waals surface area contributed by atoms with Gasteiger partial charge in [0.05, 0.1) is 6.42 Å². The Labute approximate surface area is 210 Å². The van der Waals surface area contributed by atoms with E-state index in [2.05, 4.69) is 5.32 Å². The lowest BCUT2D eigenvalue weighted by molar-refractivity contribution is -0.452. The fourth-order valence-electron chi connectivity index (χ4n) is 6.12. The molecule has 4 aliphatic rings. The number of nitrogens with two attached hydrogens (primary N) is 1. The molecule has 3 amide bonds. The molecule has 188 valence electrons. The van der Waals surface area contributed by atoms with E-state index in [1.807, 2.05) is 65.4 Å². The van der Waals surface area contributed by atoms with E-state index in [4.69, 9.17) is 14.9 Å². The SMILES string of the molecule is CC(C)NC(=O)N1CCC(CN2C(=O)C3(CC(=N)[NH2+]c4cc5c(cc43)OCO5)c3ccccc32)CC1. The summed E-state index contributed by atoms with van der Waals surface area (Å²) in [5.74, 6) is 2.04. The number of quaternary nitrogens is 1. The monoisotopic (exact) mass is 490 g/mol. The number of anilines is 1. The highest BCUT2D eigenvalue weighted by molar-refractivity contribution is 6.13. The number of hydrogen-bond acceptors (Lipinski definition) is 5. The fourth-order valence-corrected chi connectivity index (χ4v) is 6.12. The summed E-state index contributed by atoms with van der Waals surface area (Å²) < 4.78 is 11.2. The minimum atomic E-state index is -0.948. The van der Waals surface area contributed by atoms with Crippen molar-refractivity contribution in [3.05, 3.63) is 47.5 Å². The van der Waals surface area contributed by atoms with Crippen molar-refractivity contribution in [2.24, 2.45) is 5.92 Å². The van der Waals surface area contributed by atoms with E-state index in [1.54, 1.807) is 0 Å². The Balaban J connectivity index is 1.31. The first kappa shape index (κ1) is 22.8. The summed E-state index contributed by atoms with van der Waals surface area (Å²) in [5, 5.41) is 13.4. The van der Waals surface area contributed by atoms with Crippen molar-refractivity contribution in [2.45, 2.75) is 44.6 Å². The van der Waals surface area contributed by atoms with Gasteiger partial charge in [-0.1, -0.05) is 18.2 Å². The molecule has 0 radical (unpaired) electrons. The zero-order valence-corrected chi connectivity index (χ0v) is 20.7. The number of carbonyl (C=O) groups excluding carboxylic acids is 2. The number of urea groups is 1. The lowest BCUT2D eigenvalue weighted by Gasteiger charge is -2.36. The molecule has 36 heavy (non-hydrogen) atoms. The number of piperidine rings is 1. The molecule has 1 spiro atoms. The first-order valence-corrected chi connectivity index (χ1v) is 12.7. The second-order valence-corrected chi connectivity index (χ2v) is 10.5. The van der Waals surface area contributed by atoms with Crippen LogP contribution in [0.25, 0.3) is 0 Å². The molecule has 1 unspecified atom stereocenters. The Hall–Kier alpha value is -3.59. The average Bonchev–Trinajstić information content (AvgIpc) is 3.40. The summed E-state index contributed by atoms with van der Waals surface area (Å²) in [5.41, 5.74) is 2.63. The third kappa shape index (κ3) is 3.52. The number of carbonyl (C=O) groups is 2. The van der Waals surface area contributed by atoms with E-state index >= 15 is 0 Å². The molecule has 4 heterocycles. The van der Waals surface area contributed by atoms with Crippen LogP contribution >= 0.6 is 0 Å². The summed E-state index contributed by atoms with van der Waals surface area (Å²) in [4.78, 5) is 30.6. The zero-order chi connectivity index (χ0) is 25.0. The number of amidine groups is 1. The Morgan fingerprint density at radius 2 is 1.89 bits per heavy atom. The van der Waals surface area contributed by atoms with Gasteiger partial charge in [0.15, 0.2) is 17.3 Å². The van der Waals surface area contributed by atoms with Crippen molar-refractivity contribution in [2.75, 3.05) is 31.3 Å². The van der Waals surface area contributed by atoms with Crippen molar-refractivity contribution >= 4 is 29.1 Å². The molecule has 2 aromatic carbocycles. The van der Waals surface area contributed by atoms with Crippen LogP contribution in [0, 0.1) is 11.3 Å². The summed E-state index contributed by atoms with van der Waals surface area (Å²) in [7, 11) is 0. The van der Waals surface area contributed by atoms with Gasteiger partial charge in [-0.15, -0.1) is 0 Å². The van der Waals surface area contributed by atoms with Crippen LogP contribution in [0.4, 0.5) is 16.2 Å². The van der Waals surface area contributed by atoms with Gasteiger partial charge in [0.2, 0.25) is 12.7 Å². The Kier molecular flexibility index (Phi) is 5.40. The molecule has 2 aromatic rings. The first-order chi connectivity index (χ1) is 17.4. The number of amides is 3. The summed E-state index contributed by atoms with van der Waals surface area (Å²) >= 11 is 0. The van der Waals surface area contributed by atoms with Gasteiger partial charge in [-0.05, 0) is 50.3 Å². The van der Waals surface area contributed by atoms with E-state index in [0.717, 1.165) is 35.3 Å². The summed E-state index contributed by atoms with van der Waals surface area (Å²) in [6.07, 6.45) is 2.02. The number of fused-ring (bicyclic) bond motifs is 5. The molecule has 4 N–H and O–H groups in total. The lowest BCUT2D eigenvalue weighted by Crippen LogP contribution is -2.85. The van der Waals surface area contributed by atoms with E-state index in [9.17, 15) is 9.59 Å². The molecular formula is C27H32N5O4+. The fraction of sp³-hybridized carbons (Fsp3) is 0.444. The maximum Gasteiger partial charge on any atom is 0.317 e. The molecule has 1 saturated heterocycles. The number of ether oxygens (including phenoxy) is 2. The van der Waals surface area contributed by atoms with Crippen LogP contribution in [-0.4, -0.2) is 55.1 Å². The van der Waals surface area contributed by atoms with Gasteiger partial charge in [0.25, 0.3) is 0 Å². The van der Waals surface area contributed by atoms with Crippen LogP contribution in [-0.2, 0) is 10.2 Å². The number of nitrogens with zero attached hydrogens (tertiary/aromatic N) is 2. The van der Waals surface area contributed by atoms with Crippen molar-refractivity contribution in [3.63, 3.8) is 0 Å². The molecule has 9 nitrogen and oxygen atoms in total. The van der Waals surface area contributed by atoms with Crippen molar-refractivity contribution in [1.82, 2.24) is 10.2 Å². The molecule has 1 fully saturated rings. The predicted octanol–water partition coefficient (Wildman–Crippen LogP) is 2.45. The molecule has 0 bridgehead atoms. The Morgan fingerprint density at radius 3 is 2.64 bits per heavy atom. The molecule has 1 atom stereocenters. The lowest BCUT2D eigenvalue weighted by atomic mass is 9.70. The molecule has 6 rings (SSSR count). The Bertz CT molecular complexity index is 1250. The largest absolute Gasteiger partial charge is 0.454 e. The van der Waals surface area contributed by atoms with Gasteiger partial charge in [-0.25, -0.2) is 4.79 Å². The van der Waals surface area contributed by atoms with E-state index in [-0.39, 0.29) is 24.8 Å². The van der Waals surface area contributed by atoms with Crippen LogP contribution in [0.15, 0.2) is 36.4 Å². The zero-order valence-electron chi connectivity index (χ0n) is 20.7. The second-order valence-electron chi connectivity index (χ2n) is 10.5. The highest BCUT2D eigenvalue weighted by Crippen LogP contribution is 2.53. The van der Waals surface area contributed by atoms with Crippen LogP contribution < -0.4 is 25.0 Å². The third-order valence-corrected chi connectivity index (χ3v) is 7.81. The van der Waals surface area contributed by atoms with Crippen molar-refractivity contribution in [3.8, 4) is 11.5 Å². The number of benzene rings is 2. The number of likely N-dealkylation sites (tertiary alicyclic amines) is 1. The number of nitrogens with one attached hydrogen (secondary N) is 2. The summed E-state index contributed by atoms with van der Waals surface area (Å²) in [6.45, 7) is 6.06. The number of hydrogen-bond donors (Lipinski definition) is 3. The molecule has 4 aliphatic heterocycles. The van der Waals surface area contributed by atoms with E-state index in [1.165, 1.54) is 0 Å². The average molecular weight is 491 g/mol.